The fourth-order valence-corrected chi connectivity index (χ4v) is 2.07. The van der Waals surface area contributed by atoms with Crippen molar-refractivity contribution in [2.24, 2.45) is 5.73 Å². The van der Waals surface area contributed by atoms with E-state index in [9.17, 15) is 9.90 Å². The van der Waals surface area contributed by atoms with Crippen molar-refractivity contribution in [1.82, 2.24) is 0 Å². The highest BCUT2D eigenvalue weighted by Gasteiger charge is 2.26. The van der Waals surface area contributed by atoms with Crippen LogP contribution in [0.4, 0.5) is 0 Å². The molecule has 0 aliphatic carbocycles. The number of fused-ring (bicyclic) bond motifs is 1. The van der Waals surface area contributed by atoms with E-state index >= 15 is 0 Å². The third-order valence-electron chi connectivity index (χ3n) is 3.04. The summed E-state index contributed by atoms with van der Waals surface area (Å²) in [6.07, 6.45) is -1.08. The van der Waals surface area contributed by atoms with Gasteiger partial charge in [0.15, 0.2) is 0 Å². The lowest BCUT2D eigenvalue weighted by atomic mass is 9.96. The molecule has 0 amide bonds. The Hall–Kier alpha value is -1.91. The van der Waals surface area contributed by atoms with E-state index in [0.29, 0.717) is 5.56 Å². The molecule has 0 heterocycles. The molecule has 2 unspecified atom stereocenters. The second-order valence-electron chi connectivity index (χ2n) is 4.29. The molecule has 2 atom stereocenters. The van der Waals surface area contributed by atoms with Gasteiger partial charge in [-0.1, -0.05) is 42.5 Å². The lowest BCUT2D eigenvalue weighted by Crippen LogP contribution is -2.38. The number of aliphatic hydroxyl groups excluding tert-OH is 1. The number of carbonyl (C=O) groups excluding carboxylic acids is 1. The highest BCUT2D eigenvalue weighted by atomic mass is 16.5. The summed E-state index contributed by atoms with van der Waals surface area (Å²) in [6.45, 7) is 1.95. The molecule has 0 aliphatic heterocycles. The first-order valence-electron chi connectivity index (χ1n) is 6.23. The van der Waals surface area contributed by atoms with E-state index in [4.69, 9.17) is 10.5 Å². The fourth-order valence-electron chi connectivity index (χ4n) is 2.07. The maximum absolute atomic E-state index is 11.6. The Morgan fingerprint density at radius 2 is 1.95 bits per heavy atom. The molecule has 0 aliphatic rings. The third kappa shape index (κ3) is 2.75. The molecule has 2 aromatic rings. The molecule has 0 radical (unpaired) electrons. The monoisotopic (exact) mass is 259 g/mol. The van der Waals surface area contributed by atoms with Crippen molar-refractivity contribution in [3.63, 3.8) is 0 Å². The minimum absolute atomic E-state index is 0.245. The Morgan fingerprint density at radius 3 is 2.68 bits per heavy atom. The topological polar surface area (TPSA) is 72.5 Å². The quantitative estimate of drug-likeness (QED) is 0.821. The number of hydrogen-bond acceptors (Lipinski definition) is 4. The number of benzene rings is 2. The minimum atomic E-state index is -1.08. The van der Waals surface area contributed by atoms with E-state index in [1.54, 1.807) is 13.0 Å². The Morgan fingerprint density at radius 1 is 1.26 bits per heavy atom. The average Bonchev–Trinajstić information content (AvgIpc) is 2.45. The van der Waals surface area contributed by atoms with Gasteiger partial charge in [-0.15, -0.1) is 0 Å². The predicted octanol–water partition coefficient (Wildman–Crippen LogP) is 1.76. The molecule has 0 aromatic heterocycles. The van der Waals surface area contributed by atoms with Gasteiger partial charge < -0.3 is 15.6 Å². The summed E-state index contributed by atoms with van der Waals surface area (Å²) in [5, 5.41) is 12.1. The van der Waals surface area contributed by atoms with Crippen LogP contribution in [0.1, 0.15) is 18.6 Å². The molecular formula is C15H17NO3. The van der Waals surface area contributed by atoms with Gasteiger partial charge in [0, 0.05) is 0 Å². The maximum Gasteiger partial charge on any atom is 0.325 e. The largest absolute Gasteiger partial charge is 0.465 e. The summed E-state index contributed by atoms with van der Waals surface area (Å²) in [7, 11) is 0. The van der Waals surface area contributed by atoms with Crippen molar-refractivity contribution >= 4 is 16.7 Å². The van der Waals surface area contributed by atoms with Crippen LogP contribution in [0.5, 0.6) is 0 Å². The summed E-state index contributed by atoms with van der Waals surface area (Å²) in [5.41, 5.74) is 6.38. The van der Waals surface area contributed by atoms with E-state index in [1.165, 1.54) is 0 Å². The maximum atomic E-state index is 11.6. The number of ether oxygens (including phenoxy) is 1. The van der Waals surface area contributed by atoms with Crippen LogP contribution in [-0.2, 0) is 9.53 Å². The van der Waals surface area contributed by atoms with Crippen LogP contribution in [0.3, 0.4) is 0 Å². The van der Waals surface area contributed by atoms with Gasteiger partial charge in [0.2, 0.25) is 0 Å². The third-order valence-corrected chi connectivity index (χ3v) is 3.04. The minimum Gasteiger partial charge on any atom is -0.465 e. The summed E-state index contributed by atoms with van der Waals surface area (Å²) in [4.78, 5) is 11.6. The van der Waals surface area contributed by atoms with Gasteiger partial charge in [0.05, 0.1) is 6.61 Å². The van der Waals surface area contributed by atoms with E-state index in [1.807, 2.05) is 36.4 Å². The summed E-state index contributed by atoms with van der Waals surface area (Å²) < 4.78 is 4.83. The molecule has 0 saturated heterocycles. The van der Waals surface area contributed by atoms with Crippen molar-refractivity contribution in [3.05, 3.63) is 48.0 Å². The molecule has 0 spiro atoms. The summed E-state index contributed by atoms with van der Waals surface area (Å²) in [5.74, 6) is -0.595. The SMILES string of the molecule is CCOC(=O)C(N)C(O)c1cccc2ccccc12. The van der Waals surface area contributed by atoms with Crippen LogP contribution in [0.25, 0.3) is 10.8 Å². The van der Waals surface area contributed by atoms with Crippen molar-refractivity contribution < 1.29 is 14.6 Å². The smallest absolute Gasteiger partial charge is 0.325 e. The summed E-state index contributed by atoms with van der Waals surface area (Å²) >= 11 is 0. The van der Waals surface area contributed by atoms with E-state index in [0.717, 1.165) is 10.8 Å². The Balaban J connectivity index is 2.36. The standard InChI is InChI=1S/C15H17NO3/c1-2-19-15(18)13(16)14(17)12-9-5-7-10-6-3-4-8-11(10)12/h3-9,13-14,17H,2,16H2,1H3. The lowest BCUT2D eigenvalue weighted by Gasteiger charge is -2.19. The van der Waals surface area contributed by atoms with Crippen molar-refractivity contribution in [3.8, 4) is 0 Å². The zero-order chi connectivity index (χ0) is 13.8. The van der Waals surface area contributed by atoms with Gasteiger partial charge in [-0.05, 0) is 23.3 Å². The molecule has 3 N–H and O–H groups in total. The molecule has 0 saturated carbocycles. The number of aliphatic hydroxyl groups is 1. The first-order valence-corrected chi connectivity index (χ1v) is 6.23. The van der Waals surface area contributed by atoms with E-state index < -0.39 is 18.1 Å². The highest BCUT2D eigenvalue weighted by molar-refractivity contribution is 5.87. The normalized spacial score (nSPS) is 14.1. The van der Waals surface area contributed by atoms with Crippen LogP contribution < -0.4 is 5.73 Å². The molecule has 2 rings (SSSR count). The van der Waals surface area contributed by atoms with Gasteiger partial charge in [0.1, 0.15) is 12.1 Å². The number of hydrogen-bond donors (Lipinski definition) is 2. The van der Waals surface area contributed by atoms with Gasteiger partial charge in [-0.2, -0.15) is 0 Å². The zero-order valence-corrected chi connectivity index (χ0v) is 10.7. The van der Waals surface area contributed by atoms with Gasteiger partial charge in [-0.25, -0.2) is 0 Å². The second kappa shape index (κ2) is 5.82. The Kier molecular flexibility index (Phi) is 4.14. The average molecular weight is 259 g/mol. The zero-order valence-electron chi connectivity index (χ0n) is 10.7. The molecule has 0 bridgehead atoms. The molecule has 0 fully saturated rings. The van der Waals surface area contributed by atoms with Crippen LogP contribution in [0.15, 0.2) is 42.5 Å². The molecule has 19 heavy (non-hydrogen) atoms. The van der Waals surface area contributed by atoms with Crippen LogP contribution >= 0.6 is 0 Å². The number of rotatable bonds is 4. The van der Waals surface area contributed by atoms with Crippen molar-refractivity contribution in [2.45, 2.75) is 19.1 Å². The highest BCUT2D eigenvalue weighted by Crippen LogP contribution is 2.26. The fraction of sp³-hybridized carbons (Fsp3) is 0.267. The van der Waals surface area contributed by atoms with Gasteiger partial charge in [0.25, 0.3) is 0 Å². The van der Waals surface area contributed by atoms with Crippen LogP contribution in [-0.4, -0.2) is 23.7 Å². The number of esters is 1. The first-order chi connectivity index (χ1) is 9.15. The second-order valence-corrected chi connectivity index (χ2v) is 4.29. The predicted molar refractivity (Wildman–Crippen MR) is 73.5 cm³/mol. The molecule has 4 nitrogen and oxygen atoms in total. The van der Waals surface area contributed by atoms with Gasteiger partial charge >= 0.3 is 5.97 Å². The summed E-state index contributed by atoms with van der Waals surface area (Å²) in [6, 6.07) is 12.1. The molecular weight excluding hydrogens is 242 g/mol. The number of nitrogens with two attached hydrogens (primary N) is 1. The van der Waals surface area contributed by atoms with E-state index in [-0.39, 0.29) is 6.61 Å². The molecule has 4 heteroatoms. The van der Waals surface area contributed by atoms with Crippen molar-refractivity contribution in [1.29, 1.82) is 0 Å². The van der Waals surface area contributed by atoms with Crippen LogP contribution in [0.2, 0.25) is 0 Å². The first kappa shape index (κ1) is 13.5. The Labute approximate surface area is 111 Å². The number of carbonyl (C=O) groups is 1. The van der Waals surface area contributed by atoms with Crippen molar-refractivity contribution in [2.75, 3.05) is 6.61 Å². The molecule has 100 valence electrons. The van der Waals surface area contributed by atoms with Gasteiger partial charge in [-0.3, -0.25) is 4.79 Å². The molecule has 2 aromatic carbocycles. The van der Waals surface area contributed by atoms with E-state index in [2.05, 4.69) is 0 Å². The lowest BCUT2D eigenvalue weighted by molar-refractivity contribution is -0.147. The van der Waals surface area contributed by atoms with Crippen LogP contribution in [0, 0.1) is 0 Å². The Bertz CT molecular complexity index is 577.